The van der Waals surface area contributed by atoms with E-state index in [2.05, 4.69) is 0 Å². The predicted octanol–water partition coefficient (Wildman–Crippen LogP) is 0.572. The van der Waals surface area contributed by atoms with Gasteiger partial charge in [0.25, 0.3) is 0 Å². The Morgan fingerprint density at radius 2 is 1.44 bits per heavy atom. The van der Waals surface area contributed by atoms with Gasteiger partial charge in [-0.05, 0) is 47.7 Å². The molecule has 3 atom stereocenters. The number of nitrogens with two attached hydrogens (primary N) is 1. The van der Waals surface area contributed by atoms with E-state index in [1.54, 1.807) is 33.5 Å². The molecule has 3 rings (SSSR count). The minimum atomic E-state index is -2.27. The van der Waals surface area contributed by atoms with Crippen LogP contribution in [0.1, 0.15) is 23.6 Å². The number of ether oxygens (including phenoxy) is 4. The summed E-state index contributed by atoms with van der Waals surface area (Å²) < 4.78 is 21.9. The number of rotatable bonds is 7. The molecule has 0 aromatic heterocycles. The van der Waals surface area contributed by atoms with Crippen LogP contribution in [0.25, 0.3) is 11.1 Å². The summed E-state index contributed by atoms with van der Waals surface area (Å²) in [6.07, 6.45) is -3.10. The standard InChI is InChI=1S/C20H23NO5.C4H6O6/c1-23-16-8-6-12-13(10-15(16)22)14(21)7-5-11-9-17(24-2)19(25-3)20(26-4)18(11)12;5-1(3(7)8)2(6)4(9)10/h6,8-10,14H,5,7,21H2,1-4H3;1-2,5-6H,(H,7,8)(H,9,10). The molecule has 0 saturated heterocycles. The highest BCUT2D eigenvalue weighted by Gasteiger charge is 2.29. The van der Waals surface area contributed by atoms with Crippen molar-refractivity contribution in [3.63, 3.8) is 0 Å². The van der Waals surface area contributed by atoms with E-state index in [9.17, 15) is 14.4 Å². The van der Waals surface area contributed by atoms with E-state index in [0.717, 1.165) is 28.7 Å². The lowest BCUT2D eigenvalue weighted by Gasteiger charge is -2.19. The van der Waals surface area contributed by atoms with E-state index in [1.165, 1.54) is 7.11 Å². The molecule has 0 aliphatic heterocycles. The van der Waals surface area contributed by atoms with Gasteiger partial charge in [-0.15, -0.1) is 0 Å². The van der Waals surface area contributed by atoms with Crippen molar-refractivity contribution in [1.82, 2.24) is 0 Å². The van der Waals surface area contributed by atoms with E-state index < -0.39 is 24.1 Å². The van der Waals surface area contributed by atoms with E-state index >= 15 is 0 Å². The molecule has 0 fully saturated rings. The van der Waals surface area contributed by atoms with Crippen LogP contribution in [0.4, 0.5) is 0 Å². The van der Waals surface area contributed by atoms with Crippen LogP contribution in [0, 0.1) is 0 Å². The Bertz CT molecular complexity index is 1160. The van der Waals surface area contributed by atoms with Gasteiger partial charge >= 0.3 is 11.9 Å². The van der Waals surface area contributed by atoms with Crippen molar-refractivity contribution < 1.29 is 49.0 Å². The number of carboxylic acids is 2. The third kappa shape index (κ3) is 5.85. The number of aryl methyl sites for hydroxylation is 1. The third-order valence-electron chi connectivity index (χ3n) is 5.57. The van der Waals surface area contributed by atoms with Crippen LogP contribution < -0.4 is 30.1 Å². The monoisotopic (exact) mass is 507 g/mol. The molecular weight excluding hydrogens is 478 g/mol. The maximum Gasteiger partial charge on any atom is 0.335 e. The number of aliphatic carboxylic acids is 2. The topological polar surface area (TPSA) is 195 Å². The van der Waals surface area contributed by atoms with E-state index in [-0.39, 0.29) is 17.2 Å². The Labute approximate surface area is 206 Å². The SMILES string of the molecule is COc1cc2c(c(OC)c1OC)-c1ccc(OC)c(=O)cc1C(N)CC2.O=C(O)C(O)C(O)C(=O)O. The molecule has 0 radical (unpaired) electrons. The molecular formula is C24H29NO11. The molecule has 2 aromatic rings. The number of aliphatic hydroxyl groups excluding tert-OH is 2. The van der Waals surface area contributed by atoms with Crippen molar-refractivity contribution in [2.24, 2.45) is 5.73 Å². The number of fused-ring (bicyclic) bond motifs is 3. The average Bonchev–Trinajstić information content (AvgIpc) is 3.10. The molecule has 0 heterocycles. The first-order valence-electron chi connectivity index (χ1n) is 10.6. The highest BCUT2D eigenvalue weighted by Crippen LogP contribution is 2.49. The minimum Gasteiger partial charge on any atom is -0.493 e. The number of hydrogen-bond donors (Lipinski definition) is 5. The van der Waals surface area contributed by atoms with Gasteiger partial charge in [0.2, 0.25) is 11.2 Å². The maximum absolute atomic E-state index is 12.4. The molecule has 0 bridgehead atoms. The van der Waals surface area contributed by atoms with Crippen molar-refractivity contribution >= 4 is 11.9 Å². The number of carbonyl (C=O) groups is 2. The molecule has 12 nitrogen and oxygen atoms in total. The van der Waals surface area contributed by atoms with Crippen LogP contribution in [0.2, 0.25) is 0 Å². The number of benzene rings is 1. The second-order valence-electron chi connectivity index (χ2n) is 7.67. The quantitative estimate of drug-likeness (QED) is 0.350. The minimum absolute atomic E-state index is 0.202. The Balaban J connectivity index is 0.000000388. The summed E-state index contributed by atoms with van der Waals surface area (Å²) in [5.74, 6) is -1.59. The van der Waals surface area contributed by atoms with Crippen molar-refractivity contribution in [2.75, 3.05) is 28.4 Å². The average molecular weight is 507 g/mol. The number of aliphatic hydroxyl groups is 2. The van der Waals surface area contributed by atoms with Crippen molar-refractivity contribution in [1.29, 1.82) is 0 Å². The number of hydrogen-bond acceptors (Lipinski definition) is 10. The lowest BCUT2D eigenvalue weighted by molar-refractivity contribution is -0.165. The van der Waals surface area contributed by atoms with E-state index in [0.29, 0.717) is 23.7 Å². The molecule has 196 valence electrons. The van der Waals surface area contributed by atoms with Gasteiger partial charge in [-0.25, -0.2) is 9.59 Å². The summed E-state index contributed by atoms with van der Waals surface area (Å²) in [4.78, 5) is 32.0. The zero-order valence-corrected chi connectivity index (χ0v) is 20.2. The van der Waals surface area contributed by atoms with Crippen molar-refractivity contribution in [3.05, 3.63) is 45.6 Å². The second kappa shape index (κ2) is 12.2. The first-order valence-corrected chi connectivity index (χ1v) is 10.6. The lowest BCUT2D eigenvalue weighted by Crippen LogP contribution is -2.39. The zero-order chi connectivity index (χ0) is 27.2. The van der Waals surface area contributed by atoms with Crippen LogP contribution in [0.5, 0.6) is 23.0 Å². The van der Waals surface area contributed by atoms with Crippen LogP contribution in [-0.2, 0) is 16.0 Å². The number of methoxy groups -OCH3 is 4. The van der Waals surface area contributed by atoms with E-state index in [4.69, 9.17) is 45.1 Å². The van der Waals surface area contributed by atoms with Gasteiger partial charge < -0.3 is 45.1 Å². The van der Waals surface area contributed by atoms with Gasteiger partial charge in [-0.1, -0.05) is 6.07 Å². The third-order valence-corrected chi connectivity index (χ3v) is 5.57. The molecule has 6 N–H and O–H groups in total. The summed E-state index contributed by atoms with van der Waals surface area (Å²) in [7, 11) is 6.23. The van der Waals surface area contributed by atoms with Gasteiger partial charge in [0, 0.05) is 11.6 Å². The van der Waals surface area contributed by atoms with Gasteiger partial charge in [0.05, 0.1) is 28.4 Å². The molecule has 1 aliphatic carbocycles. The summed E-state index contributed by atoms with van der Waals surface area (Å²) in [6.45, 7) is 0. The van der Waals surface area contributed by atoms with Crippen LogP contribution >= 0.6 is 0 Å². The van der Waals surface area contributed by atoms with Crippen LogP contribution in [0.15, 0.2) is 29.1 Å². The molecule has 36 heavy (non-hydrogen) atoms. The summed E-state index contributed by atoms with van der Waals surface area (Å²) in [5, 5.41) is 32.5. The Morgan fingerprint density at radius 1 is 0.889 bits per heavy atom. The Hall–Kier alpha value is -3.87. The highest BCUT2D eigenvalue weighted by atomic mass is 16.5. The molecule has 3 unspecified atom stereocenters. The largest absolute Gasteiger partial charge is 0.493 e. The molecule has 0 amide bonds. The Morgan fingerprint density at radius 3 is 1.92 bits per heavy atom. The molecule has 12 heteroatoms. The fourth-order valence-electron chi connectivity index (χ4n) is 3.77. The molecule has 0 saturated carbocycles. The first kappa shape index (κ1) is 28.4. The van der Waals surface area contributed by atoms with E-state index in [1.807, 2.05) is 12.1 Å². The smallest absolute Gasteiger partial charge is 0.335 e. The fraction of sp³-hybridized carbons (Fsp3) is 0.375. The van der Waals surface area contributed by atoms with Crippen LogP contribution in [0.3, 0.4) is 0 Å². The van der Waals surface area contributed by atoms with Crippen LogP contribution in [-0.4, -0.2) is 73.0 Å². The maximum atomic E-state index is 12.4. The summed E-state index contributed by atoms with van der Waals surface area (Å²) in [6, 6.07) is 6.75. The zero-order valence-electron chi connectivity index (χ0n) is 20.2. The molecule has 2 aromatic carbocycles. The van der Waals surface area contributed by atoms with Crippen molar-refractivity contribution in [2.45, 2.75) is 31.1 Å². The normalized spacial score (nSPS) is 15.5. The lowest BCUT2D eigenvalue weighted by atomic mass is 9.95. The van der Waals surface area contributed by atoms with Gasteiger partial charge in [0.15, 0.2) is 29.5 Å². The summed E-state index contributed by atoms with van der Waals surface area (Å²) >= 11 is 0. The fourth-order valence-corrected chi connectivity index (χ4v) is 3.77. The summed E-state index contributed by atoms with van der Waals surface area (Å²) in [5.41, 5.74) is 9.69. The van der Waals surface area contributed by atoms with Gasteiger partial charge in [-0.2, -0.15) is 0 Å². The predicted molar refractivity (Wildman–Crippen MR) is 127 cm³/mol. The highest BCUT2D eigenvalue weighted by molar-refractivity contribution is 5.83. The molecule has 1 aliphatic rings. The Kier molecular flexibility index (Phi) is 9.61. The van der Waals surface area contributed by atoms with Crippen molar-refractivity contribution in [3.8, 4) is 34.1 Å². The first-order chi connectivity index (χ1) is 17.0. The second-order valence-corrected chi connectivity index (χ2v) is 7.67. The van der Waals surface area contributed by atoms with Gasteiger partial charge in [0.1, 0.15) is 0 Å². The van der Waals surface area contributed by atoms with Gasteiger partial charge in [-0.3, -0.25) is 4.79 Å². The number of carboxylic acid groups (broad SMARTS) is 2. The molecule has 0 spiro atoms.